The highest BCUT2D eigenvalue weighted by Crippen LogP contribution is 2.45. The summed E-state index contributed by atoms with van der Waals surface area (Å²) in [6.07, 6.45) is 0. The van der Waals surface area contributed by atoms with Crippen molar-refractivity contribution in [2.45, 2.75) is 38.9 Å². The van der Waals surface area contributed by atoms with Crippen molar-refractivity contribution < 1.29 is 9.31 Å². The van der Waals surface area contributed by atoms with Gasteiger partial charge in [0.25, 0.3) is 0 Å². The van der Waals surface area contributed by atoms with Crippen LogP contribution in [0.4, 0.5) is 0 Å². The Hall–Kier alpha value is -3.74. The summed E-state index contributed by atoms with van der Waals surface area (Å²) in [5.41, 5.74) is 2.86. The number of fused-ring (bicyclic) bond motifs is 9. The van der Waals surface area contributed by atoms with E-state index in [1.807, 2.05) is 22.7 Å². The molecule has 0 bridgehead atoms. The Labute approximate surface area is 258 Å². The Kier molecular flexibility index (Phi) is 5.33. The van der Waals surface area contributed by atoms with E-state index >= 15 is 0 Å². The highest BCUT2D eigenvalue weighted by Gasteiger charge is 2.52. The van der Waals surface area contributed by atoms with Crippen LogP contribution < -0.4 is 5.46 Å². The van der Waals surface area contributed by atoms with Crippen LogP contribution in [0.1, 0.15) is 27.7 Å². The summed E-state index contributed by atoms with van der Waals surface area (Å²) in [4.78, 5) is 0. The summed E-state index contributed by atoms with van der Waals surface area (Å²) in [7, 11) is -0.400. The third kappa shape index (κ3) is 3.72. The van der Waals surface area contributed by atoms with Gasteiger partial charge in [0.2, 0.25) is 0 Å². The fourth-order valence-corrected chi connectivity index (χ4v) is 9.07. The maximum atomic E-state index is 6.50. The van der Waals surface area contributed by atoms with E-state index in [0.29, 0.717) is 0 Å². The zero-order chi connectivity index (χ0) is 29.1. The zero-order valence-electron chi connectivity index (χ0n) is 24.5. The van der Waals surface area contributed by atoms with Crippen molar-refractivity contribution in [1.29, 1.82) is 0 Å². The van der Waals surface area contributed by atoms with Gasteiger partial charge >= 0.3 is 7.12 Å². The molecule has 1 saturated heterocycles. The average Bonchev–Trinajstić information content (AvgIpc) is 3.62. The van der Waals surface area contributed by atoms with Crippen molar-refractivity contribution in [3.05, 3.63) is 103 Å². The largest absolute Gasteiger partial charge is 0.495 e. The Morgan fingerprint density at radius 2 is 1.19 bits per heavy atom. The van der Waals surface area contributed by atoms with Crippen LogP contribution in [-0.2, 0) is 9.31 Å². The molecule has 2 aromatic heterocycles. The number of benzene rings is 6. The lowest BCUT2D eigenvalue weighted by atomic mass is 9.75. The van der Waals surface area contributed by atoms with E-state index in [4.69, 9.17) is 9.31 Å². The molecule has 0 radical (unpaired) electrons. The van der Waals surface area contributed by atoms with Crippen LogP contribution in [0.25, 0.3) is 73.0 Å². The van der Waals surface area contributed by atoms with Gasteiger partial charge in [-0.1, -0.05) is 72.8 Å². The molecule has 208 valence electrons. The first-order chi connectivity index (χ1) is 20.8. The molecule has 0 unspecified atom stereocenters. The van der Waals surface area contributed by atoms with Gasteiger partial charge in [-0.3, -0.25) is 0 Å². The summed E-state index contributed by atoms with van der Waals surface area (Å²) in [6.45, 7) is 8.46. The van der Waals surface area contributed by atoms with E-state index in [1.54, 1.807) is 0 Å². The minimum absolute atomic E-state index is 0.385. The molecular formula is C38H29BO2S2. The fraction of sp³-hybridized carbons (Fsp3) is 0.158. The van der Waals surface area contributed by atoms with Crippen molar-refractivity contribution in [1.82, 2.24) is 0 Å². The first-order valence-corrected chi connectivity index (χ1v) is 16.5. The smallest absolute Gasteiger partial charge is 0.399 e. The molecular weight excluding hydrogens is 563 g/mol. The molecule has 1 aliphatic rings. The second-order valence-corrected chi connectivity index (χ2v) is 14.9. The lowest BCUT2D eigenvalue weighted by Crippen LogP contribution is -2.41. The van der Waals surface area contributed by atoms with Crippen LogP contribution in [0.5, 0.6) is 0 Å². The van der Waals surface area contributed by atoms with E-state index in [2.05, 4.69) is 131 Å². The maximum absolute atomic E-state index is 6.50. The van der Waals surface area contributed by atoms with Gasteiger partial charge in [-0.25, -0.2) is 0 Å². The molecule has 5 heteroatoms. The first-order valence-electron chi connectivity index (χ1n) is 14.9. The minimum Gasteiger partial charge on any atom is -0.399 e. The Bertz CT molecular complexity index is 2410. The van der Waals surface area contributed by atoms with Gasteiger partial charge in [0.1, 0.15) is 0 Å². The predicted octanol–water partition coefficient (Wildman–Crippen LogP) is 10.7. The molecule has 2 nitrogen and oxygen atoms in total. The summed E-state index contributed by atoms with van der Waals surface area (Å²) < 4.78 is 18.3. The van der Waals surface area contributed by atoms with Crippen molar-refractivity contribution in [2.24, 2.45) is 0 Å². The highest BCUT2D eigenvalue weighted by molar-refractivity contribution is 7.26. The fourth-order valence-electron chi connectivity index (χ4n) is 6.74. The summed E-state index contributed by atoms with van der Waals surface area (Å²) in [6, 6.07) is 38.2. The number of hydrogen-bond acceptors (Lipinski definition) is 4. The quantitative estimate of drug-likeness (QED) is 0.186. The highest BCUT2D eigenvalue weighted by atomic mass is 32.1. The Morgan fingerprint density at radius 3 is 2.00 bits per heavy atom. The van der Waals surface area contributed by atoms with Crippen LogP contribution in [-0.4, -0.2) is 18.3 Å². The van der Waals surface area contributed by atoms with E-state index in [1.165, 1.54) is 73.0 Å². The van der Waals surface area contributed by atoms with Gasteiger partial charge < -0.3 is 9.31 Å². The lowest BCUT2D eigenvalue weighted by molar-refractivity contribution is 0.00578. The van der Waals surface area contributed by atoms with Crippen LogP contribution in [0, 0.1) is 0 Å². The second kappa shape index (κ2) is 8.90. The normalized spacial score (nSPS) is 16.5. The maximum Gasteiger partial charge on any atom is 0.495 e. The van der Waals surface area contributed by atoms with Gasteiger partial charge in [-0.05, 0) is 96.2 Å². The molecule has 0 atom stereocenters. The second-order valence-electron chi connectivity index (χ2n) is 12.8. The van der Waals surface area contributed by atoms with Gasteiger partial charge in [-0.2, -0.15) is 0 Å². The molecule has 0 saturated carbocycles. The summed E-state index contributed by atoms with van der Waals surface area (Å²) in [5.74, 6) is 0. The third-order valence-corrected chi connectivity index (χ3v) is 11.9. The van der Waals surface area contributed by atoms with Crippen molar-refractivity contribution in [3.8, 4) is 11.1 Å². The summed E-state index contributed by atoms with van der Waals surface area (Å²) >= 11 is 3.76. The van der Waals surface area contributed by atoms with Crippen molar-refractivity contribution >= 4 is 97.1 Å². The van der Waals surface area contributed by atoms with Gasteiger partial charge in [-0.15, -0.1) is 22.7 Å². The molecule has 1 aliphatic heterocycles. The van der Waals surface area contributed by atoms with Crippen molar-refractivity contribution in [3.63, 3.8) is 0 Å². The van der Waals surface area contributed by atoms with Crippen LogP contribution in [0.3, 0.4) is 0 Å². The van der Waals surface area contributed by atoms with Crippen LogP contribution in [0.15, 0.2) is 103 Å². The van der Waals surface area contributed by atoms with Crippen LogP contribution in [0.2, 0.25) is 0 Å². The lowest BCUT2D eigenvalue weighted by Gasteiger charge is -2.32. The average molecular weight is 593 g/mol. The van der Waals surface area contributed by atoms with Crippen molar-refractivity contribution in [2.75, 3.05) is 0 Å². The first kappa shape index (κ1) is 25.7. The molecule has 6 aromatic carbocycles. The number of rotatable bonds is 2. The molecule has 9 rings (SSSR count). The topological polar surface area (TPSA) is 18.5 Å². The molecule has 0 amide bonds. The van der Waals surface area contributed by atoms with E-state index in [0.717, 1.165) is 5.46 Å². The third-order valence-electron chi connectivity index (χ3n) is 9.71. The predicted molar refractivity (Wildman–Crippen MR) is 188 cm³/mol. The molecule has 1 fully saturated rings. The monoisotopic (exact) mass is 592 g/mol. The minimum atomic E-state index is -0.400. The standard InChI is InChI=1S/C38H29BO2S2/c1-37(2)38(3,4)41-39(40-37)30-13-7-12-28-26(30)17-18-32-36(28)35-25(11-8-14-31(35)42-32)24-15-16-27-29-19-22-9-5-6-10-23(22)20-34(29)43-33(27)21-24/h5-21H,1-4H3. The SMILES string of the molecule is CC1(C)OB(c2cccc3c2ccc2sc4cccc(-c5ccc6c(c5)sc5cc7ccccc7cc56)c4c23)OC1(C)C. The molecule has 8 aromatic rings. The number of thiophene rings is 2. The Morgan fingerprint density at radius 1 is 0.512 bits per heavy atom. The molecule has 3 heterocycles. The van der Waals surface area contributed by atoms with Gasteiger partial charge in [0, 0.05) is 40.3 Å². The Balaban J connectivity index is 1.26. The molecule has 43 heavy (non-hydrogen) atoms. The van der Waals surface area contributed by atoms with E-state index < -0.39 is 7.12 Å². The zero-order valence-corrected chi connectivity index (χ0v) is 26.2. The van der Waals surface area contributed by atoms with Crippen LogP contribution >= 0.6 is 22.7 Å². The molecule has 0 spiro atoms. The summed E-state index contributed by atoms with van der Waals surface area (Å²) in [5, 5.41) is 10.3. The van der Waals surface area contributed by atoms with Gasteiger partial charge in [0.05, 0.1) is 11.2 Å². The molecule has 0 N–H and O–H groups in total. The van der Waals surface area contributed by atoms with Gasteiger partial charge in [0.15, 0.2) is 0 Å². The molecule has 0 aliphatic carbocycles. The number of hydrogen-bond donors (Lipinski definition) is 0. The van der Waals surface area contributed by atoms with E-state index in [9.17, 15) is 0 Å². The van der Waals surface area contributed by atoms with E-state index in [-0.39, 0.29) is 11.2 Å².